The second-order valence-corrected chi connectivity index (χ2v) is 5.24. The van der Waals surface area contributed by atoms with E-state index in [1.54, 1.807) is 52.0 Å². The molecule has 134 valence electrons. The number of carbonyl (C=O) groups is 2. The van der Waals surface area contributed by atoms with E-state index in [1.807, 2.05) is 12.1 Å². The number of nitriles is 2. The maximum absolute atomic E-state index is 11.8. The molecule has 26 heavy (non-hydrogen) atoms. The van der Waals surface area contributed by atoms with Crippen LogP contribution in [0.1, 0.15) is 38.8 Å². The van der Waals surface area contributed by atoms with Gasteiger partial charge in [-0.25, -0.2) is 9.59 Å². The first kappa shape index (κ1) is 20.7. The average molecular weight is 352 g/mol. The fourth-order valence-electron chi connectivity index (χ4n) is 2.23. The number of rotatable bonds is 6. The molecule has 0 N–H and O–H groups in total. The fourth-order valence-corrected chi connectivity index (χ4v) is 2.23. The normalized spacial score (nSPS) is 12.1. The van der Waals surface area contributed by atoms with Crippen LogP contribution in [0.4, 0.5) is 0 Å². The zero-order valence-corrected chi connectivity index (χ0v) is 15.3. The molecule has 1 aromatic rings. The molecule has 1 rings (SSSR count). The Morgan fingerprint density at radius 1 is 0.808 bits per heavy atom. The lowest BCUT2D eigenvalue weighted by Gasteiger charge is -2.09. The van der Waals surface area contributed by atoms with Gasteiger partial charge in [0.2, 0.25) is 0 Å². The maximum Gasteiger partial charge on any atom is 0.349 e. The Labute approximate surface area is 152 Å². The van der Waals surface area contributed by atoms with Gasteiger partial charge in [-0.3, -0.25) is 0 Å². The molecular formula is C20H20N2O4. The van der Waals surface area contributed by atoms with Crippen molar-refractivity contribution < 1.29 is 19.1 Å². The smallest absolute Gasteiger partial charge is 0.349 e. The third kappa shape index (κ3) is 4.81. The summed E-state index contributed by atoms with van der Waals surface area (Å²) in [6, 6.07) is 10.6. The molecule has 1 aromatic carbocycles. The van der Waals surface area contributed by atoms with Gasteiger partial charge < -0.3 is 9.47 Å². The van der Waals surface area contributed by atoms with E-state index in [9.17, 15) is 20.1 Å². The summed E-state index contributed by atoms with van der Waals surface area (Å²) in [5, 5.41) is 18.4. The maximum atomic E-state index is 11.8. The summed E-state index contributed by atoms with van der Waals surface area (Å²) in [5.41, 5.74) is 2.20. The average Bonchev–Trinajstić information content (AvgIpc) is 2.63. The second-order valence-electron chi connectivity index (χ2n) is 5.24. The van der Waals surface area contributed by atoms with Crippen LogP contribution >= 0.6 is 0 Å². The Hall–Kier alpha value is -3.38. The van der Waals surface area contributed by atoms with Gasteiger partial charge in [-0.2, -0.15) is 10.5 Å². The van der Waals surface area contributed by atoms with E-state index in [-0.39, 0.29) is 24.4 Å². The molecule has 0 fully saturated rings. The van der Waals surface area contributed by atoms with Crippen LogP contribution in [-0.2, 0) is 19.1 Å². The van der Waals surface area contributed by atoms with Gasteiger partial charge in [0, 0.05) is 0 Å². The fraction of sp³-hybridized carbons (Fsp3) is 0.300. The molecule has 6 heteroatoms. The van der Waals surface area contributed by atoms with Crippen LogP contribution in [-0.4, -0.2) is 25.2 Å². The van der Waals surface area contributed by atoms with Gasteiger partial charge in [0.05, 0.1) is 13.2 Å². The lowest BCUT2D eigenvalue weighted by atomic mass is 9.97. The quantitative estimate of drug-likeness (QED) is 0.442. The molecule has 0 radical (unpaired) electrons. The van der Waals surface area contributed by atoms with Gasteiger partial charge in [0.15, 0.2) is 0 Å². The van der Waals surface area contributed by atoms with Crippen molar-refractivity contribution in [3.63, 3.8) is 0 Å². The Morgan fingerprint density at radius 3 is 1.35 bits per heavy atom. The van der Waals surface area contributed by atoms with Crippen LogP contribution in [0, 0.1) is 22.7 Å². The first-order valence-corrected chi connectivity index (χ1v) is 8.08. The highest BCUT2D eigenvalue weighted by atomic mass is 16.5. The molecule has 0 aliphatic rings. The van der Waals surface area contributed by atoms with E-state index in [1.165, 1.54) is 0 Å². The van der Waals surface area contributed by atoms with E-state index in [0.29, 0.717) is 22.3 Å². The number of allylic oxidation sites excluding steroid dienone is 2. The minimum atomic E-state index is -0.665. The molecule has 0 amide bonds. The molecule has 0 saturated carbocycles. The van der Waals surface area contributed by atoms with Crippen molar-refractivity contribution in [2.75, 3.05) is 13.2 Å². The highest BCUT2D eigenvalue weighted by molar-refractivity contribution is 6.02. The number of nitrogens with zero attached hydrogens (tertiary/aromatic N) is 2. The van der Waals surface area contributed by atoms with E-state index in [2.05, 4.69) is 0 Å². The van der Waals surface area contributed by atoms with Gasteiger partial charge in [-0.1, -0.05) is 24.3 Å². The zero-order valence-electron chi connectivity index (χ0n) is 15.3. The van der Waals surface area contributed by atoms with Crippen molar-refractivity contribution in [1.29, 1.82) is 10.5 Å². The lowest BCUT2D eigenvalue weighted by molar-refractivity contribution is -0.138. The van der Waals surface area contributed by atoms with Crippen molar-refractivity contribution in [3.05, 3.63) is 46.5 Å². The summed E-state index contributed by atoms with van der Waals surface area (Å²) in [4.78, 5) is 23.7. The molecular weight excluding hydrogens is 332 g/mol. The SMILES string of the molecule is CCOC(=O)/C(C#N)=C(/C)c1ccc(/C(C)=C(/C#N)C(=O)OCC)cc1. The third-order valence-corrected chi connectivity index (χ3v) is 3.68. The molecule has 0 saturated heterocycles. The van der Waals surface area contributed by atoms with Gasteiger partial charge in [0.25, 0.3) is 0 Å². The molecule has 0 aliphatic carbocycles. The molecule has 6 nitrogen and oxygen atoms in total. The Balaban J connectivity index is 3.27. The molecule has 0 unspecified atom stereocenters. The van der Waals surface area contributed by atoms with Crippen LogP contribution in [0.2, 0.25) is 0 Å². The summed E-state index contributed by atoms with van der Waals surface area (Å²) >= 11 is 0. The molecule has 0 bridgehead atoms. The summed E-state index contributed by atoms with van der Waals surface area (Å²) in [6.45, 7) is 7.03. The zero-order chi connectivity index (χ0) is 19.7. The molecule has 0 heterocycles. The van der Waals surface area contributed by atoms with Crippen molar-refractivity contribution in [1.82, 2.24) is 0 Å². The molecule has 0 aromatic heterocycles. The lowest BCUT2D eigenvalue weighted by Crippen LogP contribution is -2.08. The summed E-state index contributed by atoms with van der Waals surface area (Å²) in [7, 11) is 0. The number of esters is 2. The van der Waals surface area contributed by atoms with E-state index >= 15 is 0 Å². The van der Waals surface area contributed by atoms with E-state index < -0.39 is 11.9 Å². The van der Waals surface area contributed by atoms with Crippen LogP contribution in [0.15, 0.2) is 35.4 Å². The molecule has 0 aliphatic heterocycles. The first-order valence-electron chi connectivity index (χ1n) is 8.08. The van der Waals surface area contributed by atoms with Crippen molar-refractivity contribution in [2.45, 2.75) is 27.7 Å². The molecule has 0 spiro atoms. The van der Waals surface area contributed by atoms with Crippen molar-refractivity contribution >= 4 is 23.1 Å². The predicted molar refractivity (Wildman–Crippen MR) is 96.1 cm³/mol. The van der Waals surface area contributed by atoms with Crippen LogP contribution < -0.4 is 0 Å². The highest BCUT2D eigenvalue weighted by Crippen LogP contribution is 2.24. The summed E-state index contributed by atoms with van der Waals surface area (Å²) in [6.07, 6.45) is 0. The van der Waals surface area contributed by atoms with Gasteiger partial charge in [-0.05, 0) is 50.0 Å². The highest BCUT2D eigenvalue weighted by Gasteiger charge is 2.17. The number of ether oxygens (including phenoxy) is 2. The molecule has 0 atom stereocenters. The minimum absolute atomic E-state index is 0.0592. The van der Waals surface area contributed by atoms with Crippen molar-refractivity contribution in [2.24, 2.45) is 0 Å². The topological polar surface area (TPSA) is 100 Å². The van der Waals surface area contributed by atoms with E-state index in [0.717, 1.165) is 0 Å². The van der Waals surface area contributed by atoms with E-state index in [4.69, 9.17) is 9.47 Å². The number of hydrogen-bond acceptors (Lipinski definition) is 6. The Morgan fingerprint density at radius 2 is 1.12 bits per heavy atom. The number of carbonyl (C=O) groups excluding carboxylic acids is 2. The van der Waals surface area contributed by atoms with Crippen LogP contribution in [0.3, 0.4) is 0 Å². The standard InChI is InChI=1S/C20H20N2O4/c1-5-25-19(23)17(11-21)13(3)15-7-9-16(10-8-15)14(4)18(12-22)20(24)26-6-2/h7-10H,5-6H2,1-4H3/b17-13-,18-14-. The monoisotopic (exact) mass is 352 g/mol. The Kier molecular flexibility index (Phi) is 7.79. The van der Waals surface area contributed by atoms with Crippen LogP contribution in [0.5, 0.6) is 0 Å². The predicted octanol–water partition coefficient (Wildman–Crippen LogP) is 3.41. The third-order valence-electron chi connectivity index (χ3n) is 3.68. The largest absolute Gasteiger partial charge is 0.462 e. The van der Waals surface area contributed by atoms with Crippen molar-refractivity contribution in [3.8, 4) is 12.1 Å². The number of hydrogen-bond donors (Lipinski definition) is 0. The van der Waals surface area contributed by atoms with Gasteiger partial charge in [-0.15, -0.1) is 0 Å². The van der Waals surface area contributed by atoms with Crippen LogP contribution in [0.25, 0.3) is 11.1 Å². The summed E-state index contributed by atoms with van der Waals surface area (Å²) in [5.74, 6) is -1.33. The van der Waals surface area contributed by atoms with Gasteiger partial charge >= 0.3 is 11.9 Å². The minimum Gasteiger partial charge on any atom is -0.462 e. The summed E-state index contributed by atoms with van der Waals surface area (Å²) < 4.78 is 9.76. The number of benzene rings is 1. The van der Waals surface area contributed by atoms with Gasteiger partial charge in [0.1, 0.15) is 23.3 Å². The Bertz CT molecular complexity index is 763. The first-order chi connectivity index (χ1) is 12.4. The second kappa shape index (κ2) is 9.80.